The quantitative estimate of drug-likeness (QED) is 0.764. The lowest BCUT2D eigenvalue weighted by atomic mass is 10.1. The molecular weight excluding hydrogens is 364 g/mol. The van der Waals surface area contributed by atoms with Crippen molar-refractivity contribution in [1.82, 2.24) is 10.6 Å². The number of carbonyl (C=O) groups is 3. The molecule has 1 aromatic rings. The number of Topliss-reactive ketones (excluding diaryl/α,β-unsaturated/α-hetero) is 1. The van der Waals surface area contributed by atoms with E-state index in [1.165, 1.54) is 6.92 Å². The molecule has 0 aromatic heterocycles. The summed E-state index contributed by atoms with van der Waals surface area (Å²) in [4.78, 5) is 35.4. The van der Waals surface area contributed by atoms with Crippen LogP contribution < -0.4 is 10.6 Å². The number of amides is 2. The molecule has 2 N–H and O–H groups in total. The number of ketones is 1. The Morgan fingerprint density at radius 1 is 1.17 bits per heavy atom. The minimum atomic E-state index is -0.803. The Morgan fingerprint density at radius 2 is 1.74 bits per heavy atom. The summed E-state index contributed by atoms with van der Waals surface area (Å²) < 4.78 is 5.93. The fourth-order valence-electron chi connectivity index (χ4n) is 1.61. The third-order valence-electron chi connectivity index (χ3n) is 2.72. The van der Waals surface area contributed by atoms with Crippen LogP contribution in [0, 0.1) is 0 Å². The molecule has 0 aliphatic heterocycles. The van der Waals surface area contributed by atoms with Crippen LogP contribution in [0.15, 0.2) is 28.7 Å². The van der Waals surface area contributed by atoms with E-state index in [-0.39, 0.29) is 12.3 Å². The molecule has 0 radical (unpaired) electrons. The van der Waals surface area contributed by atoms with Crippen molar-refractivity contribution in [3.05, 3.63) is 34.3 Å². The van der Waals surface area contributed by atoms with Gasteiger partial charge in [-0.25, -0.2) is 4.79 Å². The Hall–Kier alpha value is -1.89. The normalized spacial score (nSPS) is 12.2. The Morgan fingerprint density at radius 3 is 2.26 bits per heavy atom. The van der Waals surface area contributed by atoms with E-state index >= 15 is 0 Å². The van der Waals surface area contributed by atoms with Crippen LogP contribution in [0.2, 0.25) is 0 Å². The smallest absolute Gasteiger partial charge is 0.408 e. The molecule has 1 atom stereocenters. The maximum Gasteiger partial charge on any atom is 0.408 e. The number of nitrogens with one attached hydrogen (secondary N) is 2. The van der Waals surface area contributed by atoms with E-state index in [1.807, 2.05) is 0 Å². The maximum absolute atomic E-state index is 12.0. The summed E-state index contributed by atoms with van der Waals surface area (Å²) in [6.45, 7) is 6.57. The van der Waals surface area contributed by atoms with Crippen molar-refractivity contribution in [2.75, 3.05) is 6.54 Å². The van der Waals surface area contributed by atoms with Gasteiger partial charge >= 0.3 is 6.09 Å². The predicted molar refractivity (Wildman–Crippen MR) is 90.3 cm³/mol. The zero-order valence-corrected chi connectivity index (χ0v) is 15.2. The van der Waals surface area contributed by atoms with Crippen LogP contribution in [0.5, 0.6) is 0 Å². The number of alkyl carbamates (subject to hydrolysis) is 1. The molecule has 0 saturated heterocycles. The summed E-state index contributed by atoms with van der Waals surface area (Å²) in [6, 6.07) is 6.04. The highest BCUT2D eigenvalue weighted by molar-refractivity contribution is 9.10. The fourth-order valence-corrected chi connectivity index (χ4v) is 1.87. The van der Waals surface area contributed by atoms with E-state index in [4.69, 9.17) is 4.74 Å². The van der Waals surface area contributed by atoms with Gasteiger partial charge in [0.05, 0.1) is 6.54 Å². The zero-order valence-electron chi connectivity index (χ0n) is 13.6. The molecule has 0 aliphatic rings. The van der Waals surface area contributed by atoms with Crippen LogP contribution in [-0.2, 0) is 9.53 Å². The van der Waals surface area contributed by atoms with Crippen LogP contribution in [0.1, 0.15) is 38.1 Å². The second-order valence-corrected chi connectivity index (χ2v) is 6.93. The molecule has 0 spiro atoms. The first-order valence-electron chi connectivity index (χ1n) is 7.14. The number of ether oxygens (including phenoxy) is 1. The van der Waals surface area contributed by atoms with Crippen molar-refractivity contribution < 1.29 is 19.1 Å². The summed E-state index contributed by atoms with van der Waals surface area (Å²) >= 11 is 3.29. The van der Waals surface area contributed by atoms with E-state index in [0.29, 0.717) is 5.56 Å². The lowest BCUT2D eigenvalue weighted by Crippen LogP contribution is -2.47. The predicted octanol–water partition coefficient (Wildman–Crippen LogP) is 2.66. The topological polar surface area (TPSA) is 84.5 Å². The highest BCUT2D eigenvalue weighted by atomic mass is 79.9. The Kier molecular flexibility index (Phi) is 6.75. The van der Waals surface area contributed by atoms with Crippen molar-refractivity contribution in [3.63, 3.8) is 0 Å². The van der Waals surface area contributed by atoms with E-state index in [0.717, 1.165) is 4.47 Å². The summed E-state index contributed by atoms with van der Waals surface area (Å²) in [5.41, 5.74) is -0.140. The van der Waals surface area contributed by atoms with Gasteiger partial charge in [0.1, 0.15) is 11.6 Å². The van der Waals surface area contributed by atoms with Crippen LogP contribution in [0.4, 0.5) is 4.79 Å². The summed E-state index contributed by atoms with van der Waals surface area (Å²) in [5.74, 6) is -0.670. The van der Waals surface area contributed by atoms with Crippen LogP contribution in [0.25, 0.3) is 0 Å². The van der Waals surface area contributed by atoms with Gasteiger partial charge in [-0.1, -0.05) is 28.1 Å². The third kappa shape index (κ3) is 7.27. The highest BCUT2D eigenvalue weighted by Gasteiger charge is 2.21. The van der Waals surface area contributed by atoms with E-state index in [1.54, 1.807) is 45.0 Å². The first-order chi connectivity index (χ1) is 10.6. The van der Waals surface area contributed by atoms with Crippen LogP contribution in [0.3, 0.4) is 0 Å². The van der Waals surface area contributed by atoms with Gasteiger partial charge in [-0.2, -0.15) is 0 Å². The van der Waals surface area contributed by atoms with Crippen LogP contribution in [-0.4, -0.2) is 36.0 Å². The van der Waals surface area contributed by atoms with Gasteiger partial charge in [-0.15, -0.1) is 0 Å². The number of hydrogen-bond acceptors (Lipinski definition) is 4. The molecule has 23 heavy (non-hydrogen) atoms. The lowest BCUT2D eigenvalue weighted by Gasteiger charge is -2.21. The highest BCUT2D eigenvalue weighted by Crippen LogP contribution is 2.10. The zero-order chi connectivity index (χ0) is 17.6. The molecule has 0 bridgehead atoms. The van der Waals surface area contributed by atoms with Crippen molar-refractivity contribution in [2.45, 2.75) is 39.3 Å². The van der Waals surface area contributed by atoms with Gasteiger partial charge < -0.3 is 15.4 Å². The molecule has 7 heteroatoms. The van der Waals surface area contributed by atoms with E-state index in [2.05, 4.69) is 26.6 Å². The molecule has 0 fully saturated rings. The molecule has 1 rings (SSSR count). The standard InChI is InChI=1S/C16H21BrN2O4/c1-10(19-15(22)23-16(2,3)4)14(21)18-9-13(20)11-5-7-12(17)8-6-11/h5-8,10H,9H2,1-4H3,(H,18,21)(H,19,22)/t10-/m0/s1. The number of benzene rings is 1. The van der Waals surface area contributed by atoms with Crippen molar-refractivity contribution in [3.8, 4) is 0 Å². The molecule has 1 aromatic carbocycles. The van der Waals surface area contributed by atoms with Gasteiger partial charge in [-0.05, 0) is 39.8 Å². The van der Waals surface area contributed by atoms with E-state index < -0.39 is 23.6 Å². The molecule has 0 heterocycles. The van der Waals surface area contributed by atoms with Gasteiger partial charge in [-0.3, -0.25) is 9.59 Å². The first kappa shape index (κ1) is 19.2. The van der Waals surface area contributed by atoms with Crippen molar-refractivity contribution in [1.29, 1.82) is 0 Å². The minimum Gasteiger partial charge on any atom is -0.444 e. The van der Waals surface area contributed by atoms with Gasteiger partial charge in [0.25, 0.3) is 0 Å². The number of hydrogen-bond donors (Lipinski definition) is 2. The number of carbonyl (C=O) groups excluding carboxylic acids is 3. The average molecular weight is 385 g/mol. The molecule has 126 valence electrons. The third-order valence-corrected chi connectivity index (χ3v) is 3.24. The van der Waals surface area contributed by atoms with Crippen molar-refractivity contribution in [2.24, 2.45) is 0 Å². The van der Waals surface area contributed by atoms with Gasteiger partial charge in [0.15, 0.2) is 5.78 Å². The molecule has 0 unspecified atom stereocenters. The van der Waals surface area contributed by atoms with Gasteiger partial charge in [0, 0.05) is 10.0 Å². The number of halogens is 1. The molecule has 2 amide bonds. The largest absolute Gasteiger partial charge is 0.444 e. The van der Waals surface area contributed by atoms with Gasteiger partial charge in [0.2, 0.25) is 5.91 Å². The molecule has 0 aliphatic carbocycles. The lowest BCUT2D eigenvalue weighted by molar-refractivity contribution is -0.122. The minimum absolute atomic E-state index is 0.138. The maximum atomic E-state index is 12.0. The van der Waals surface area contributed by atoms with Crippen LogP contribution >= 0.6 is 15.9 Å². The summed E-state index contributed by atoms with van der Waals surface area (Å²) in [7, 11) is 0. The van der Waals surface area contributed by atoms with Crippen molar-refractivity contribution >= 4 is 33.7 Å². The molecular formula is C16H21BrN2O4. The average Bonchev–Trinajstić information content (AvgIpc) is 2.42. The second kappa shape index (κ2) is 8.10. The fraction of sp³-hybridized carbons (Fsp3) is 0.438. The first-order valence-corrected chi connectivity index (χ1v) is 7.94. The SMILES string of the molecule is C[C@H](NC(=O)OC(C)(C)C)C(=O)NCC(=O)c1ccc(Br)cc1. The Bertz CT molecular complexity index is 579. The summed E-state index contributed by atoms with van der Waals surface area (Å²) in [5, 5.41) is 4.91. The Labute approximate surface area is 144 Å². The summed E-state index contributed by atoms with van der Waals surface area (Å²) in [6.07, 6.45) is -0.681. The number of rotatable bonds is 5. The monoisotopic (exact) mass is 384 g/mol. The van der Waals surface area contributed by atoms with E-state index in [9.17, 15) is 14.4 Å². The molecule has 6 nitrogen and oxygen atoms in total. The molecule has 0 saturated carbocycles. The Balaban J connectivity index is 2.45. The second-order valence-electron chi connectivity index (χ2n) is 6.02.